The number of rotatable bonds is 5. The number of anilines is 1. The lowest BCUT2D eigenvalue weighted by Crippen LogP contribution is -2.26. The average Bonchev–Trinajstić information content (AvgIpc) is 2.24. The second-order valence-corrected chi connectivity index (χ2v) is 3.12. The Labute approximate surface area is 92.7 Å². The Morgan fingerprint density at radius 1 is 1.38 bits per heavy atom. The standard InChI is InChI=1S/C10H13N3O3/c1-7(14)11-5-6-12-9-4-2-3-8(13-9)10(15)16/h2-4H,5-6H2,1H3,(H,11,14)(H,12,13)(H,15,16). The lowest BCUT2D eigenvalue weighted by atomic mass is 10.3. The van der Waals surface area contributed by atoms with Crippen LogP contribution in [0.3, 0.4) is 0 Å². The first-order chi connectivity index (χ1) is 7.59. The molecular formula is C10H13N3O3. The Morgan fingerprint density at radius 2 is 2.12 bits per heavy atom. The van der Waals surface area contributed by atoms with E-state index in [2.05, 4.69) is 15.6 Å². The second-order valence-electron chi connectivity index (χ2n) is 3.12. The van der Waals surface area contributed by atoms with Gasteiger partial charge in [0, 0.05) is 20.0 Å². The van der Waals surface area contributed by atoms with Gasteiger partial charge in [0.05, 0.1) is 0 Å². The van der Waals surface area contributed by atoms with Crippen LogP contribution in [0.2, 0.25) is 0 Å². The van der Waals surface area contributed by atoms with Crippen molar-refractivity contribution in [2.75, 3.05) is 18.4 Å². The molecule has 0 fully saturated rings. The van der Waals surface area contributed by atoms with Gasteiger partial charge in [-0.05, 0) is 12.1 Å². The molecular weight excluding hydrogens is 210 g/mol. The molecule has 0 spiro atoms. The second kappa shape index (κ2) is 5.69. The largest absolute Gasteiger partial charge is 0.477 e. The van der Waals surface area contributed by atoms with E-state index in [-0.39, 0.29) is 11.6 Å². The number of aromatic carboxylic acids is 1. The summed E-state index contributed by atoms with van der Waals surface area (Å²) in [6, 6.07) is 4.69. The van der Waals surface area contributed by atoms with Gasteiger partial charge >= 0.3 is 5.97 Å². The summed E-state index contributed by atoms with van der Waals surface area (Å²) < 4.78 is 0. The molecule has 1 rings (SSSR count). The highest BCUT2D eigenvalue weighted by atomic mass is 16.4. The molecule has 16 heavy (non-hydrogen) atoms. The maximum Gasteiger partial charge on any atom is 0.354 e. The van der Waals surface area contributed by atoms with Crippen molar-refractivity contribution in [1.82, 2.24) is 10.3 Å². The minimum absolute atomic E-state index is 0.00970. The van der Waals surface area contributed by atoms with Crippen molar-refractivity contribution in [3.63, 3.8) is 0 Å². The third-order valence-electron chi connectivity index (χ3n) is 1.77. The van der Waals surface area contributed by atoms with E-state index in [4.69, 9.17) is 5.11 Å². The highest BCUT2D eigenvalue weighted by Gasteiger charge is 2.04. The molecule has 1 aromatic heterocycles. The number of carboxylic acid groups (broad SMARTS) is 1. The Balaban J connectivity index is 2.45. The van der Waals surface area contributed by atoms with Gasteiger partial charge in [0.1, 0.15) is 5.82 Å². The SMILES string of the molecule is CC(=O)NCCNc1cccc(C(=O)O)n1. The highest BCUT2D eigenvalue weighted by Crippen LogP contribution is 2.03. The van der Waals surface area contributed by atoms with Gasteiger partial charge in [-0.3, -0.25) is 4.79 Å². The summed E-state index contributed by atoms with van der Waals surface area (Å²) in [4.78, 5) is 25.1. The first-order valence-electron chi connectivity index (χ1n) is 4.78. The van der Waals surface area contributed by atoms with Crippen LogP contribution in [-0.4, -0.2) is 35.1 Å². The fourth-order valence-electron chi connectivity index (χ4n) is 1.08. The Bertz CT molecular complexity index is 393. The summed E-state index contributed by atoms with van der Waals surface area (Å²) in [6.45, 7) is 2.40. The van der Waals surface area contributed by atoms with Crippen molar-refractivity contribution >= 4 is 17.7 Å². The maximum atomic E-state index is 10.6. The van der Waals surface area contributed by atoms with Gasteiger partial charge < -0.3 is 15.7 Å². The molecule has 0 aromatic carbocycles. The number of nitrogens with zero attached hydrogens (tertiary/aromatic N) is 1. The smallest absolute Gasteiger partial charge is 0.354 e. The van der Waals surface area contributed by atoms with Crippen LogP contribution in [0, 0.1) is 0 Å². The molecule has 0 aliphatic carbocycles. The number of carbonyl (C=O) groups excluding carboxylic acids is 1. The summed E-state index contributed by atoms with van der Waals surface area (Å²) in [5.41, 5.74) is -0.00970. The highest BCUT2D eigenvalue weighted by molar-refractivity contribution is 5.85. The molecule has 0 atom stereocenters. The van der Waals surface area contributed by atoms with Crippen LogP contribution in [0.4, 0.5) is 5.82 Å². The van der Waals surface area contributed by atoms with Gasteiger partial charge in [0.15, 0.2) is 5.69 Å². The topological polar surface area (TPSA) is 91.3 Å². The van der Waals surface area contributed by atoms with Gasteiger partial charge in [-0.25, -0.2) is 9.78 Å². The number of nitrogens with one attached hydrogen (secondary N) is 2. The number of amides is 1. The number of carbonyl (C=O) groups is 2. The van der Waals surface area contributed by atoms with E-state index in [0.29, 0.717) is 18.9 Å². The summed E-state index contributed by atoms with van der Waals surface area (Å²) in [6.07, 6.45) is 0. The van der Waals surface area contributed by atoms with Crippen molar-refractivity contribution in [3.05, 3.63) is 23.9 Å². The molecule has 0 saturated heterocycles. The molecule has 6 nitrogen and oxygen atoms in total. The zero-order chi connectivity index (χ0) is 12.0. The number of aromatic nitrogens is 1. The number of hydrogen-bond donors (Lipinski definition) is 3. The number of carboxylic acids is 1. The Hall–Kier alpha value is -2.11. The van der Waals surface area contributed by atoms with Crippen LogP contribution in [0.1, 0.15) is 17.4 Å². The van der Waals surface area contributed by atoms with E-state index in [1.54, 1.807) is 12.1 Å². The van der Waals surface area contributed by atoms with Gasteiger partial charge in [-0.2, -0.15) is 0 Å². The fourth-order valence-corrected chi connectivity index (χ4v) is 1.08. The lowest BCUT2D eigenvalue weighted by molar-refractivity contribution is -0.118. The van der Waals surface area contributed by atoms with Crippen molar-refractivity contribution < 1.29 is 14.7 Å². The predicted octanol–water partition coefficient (Wildman–Crippen LogP) is 0.328. The van der Waals surface area contributed by atoms with Crippen molar-refractivity contribution in [2.45, 2.75) is 6.92 Å². The van der Waals surface area contributed by atoms with E-state index < -0.39 is 5.97 Å². The van der Waals surface area contributed by atoms with E-state index in [9.17, 15) is 9.59 Å². The Morgan fingerprint density at radius 3 is 2.75 bits per heavy atom. The zero-order valence-corrected chi connectivity index (χ0v) is 8.86. The molecule has 1 aromatic rings. The molecule has 3 N–H and O–H groups in total. The summed E-state index contributed by atoms with van der Waals surface area (Å²) in [7, 11) is 0. The third kappa shape index (κ3) is 3.95. The fraction of sp³-hybridized carbons (Fsp3) is 0.300. The monoisotopic (exact) mass is 223 g/mol. The first kappa shape index (κ1) is 12.0. The van der Waals surface area contributed by atoms with Crippen LogP contribution in [0.5, 0.6) is 0 Å². The van der Waals surface area contributed by atoms with Gasteiger partial charge in [0.2, 0.25) is 5.91 Å². The van der Waals surface area contributed by atoms with Crippen LogP contribution < -0.4 is 10.6 Å². The van der Waals surface area contributed by atoms with Crippen molar-refractivity contribution in [3.8, 4) is 0 Å². The molecule has 0 aliphatic heterocycles. The lowest BCUT2D eigenvalue weighted by Gasteiger charge is -2.06. The van der Waals surface area contributed by atoms with Crippen LogP contribution >= 0.6 is 0 Å². The van der Waals surface area contributed by atoms with E-state index in [1.807, 2.05) is 0 Å². The molecule has 0 bridgehead atoms. The maximum absolute atomic E-state index is 10.6. The molecule has 6 heteroatoms. The molecule has 1 heterocycles. The molecule has 0 unspecified atom stereocenters. The van der Waals surface area contributed by atoms with Gasteiger partial charge in [0.25, 0.3) is 0 Å². The minimum atomic E-state index is -1.06. The van der Waals surface area contributed by atoms with Gasteiger partial charge in [-0.15, -0.1) is 0 Å². The zero-order valence-electron chi connectivity index (χ0n) is 8.86. The number of pyridine rings is 1. The summed E-state index contributed by atoms with van der Waals surface area (Å²) >= 11 is 0. The minimum Gasteiger partial charge on any atom is -0.477 e. The normalized spacial score (nSPS) is 9.56. The molecule has 1 amide bonds. The quantitative estimate of drug-likeness (QED) is 0.625. The van der Waals surface area contributed by atoms with Crippen molar-refractivity contribution in [1.29, 1.82) is 0 Å². The predicted molar refractivity (Wildman–Crippen MR) is 58.4 cm³/mol. The van der Waals surface area contributed by atoms with Crippen LogP contribution in [0.15, 0.2) is 18.2 Å². The molecule has 0 aliphatic rings. The molecule has 0 radical (unpaired) electrons. The Kier molecular flexibility index (Phi) is 4.26. The summed E-state index contributed by atoms with van der Waals surface area (Å²) in [5, 5.41) is 14.2. The van der Waals surface area contributed by atoms with E-state index in [0.717, 1.165) is 0 Å². The van der Waals surface area contributed by atoms with Crippen LogP contribution in [0.25, 0.3) is 0 Å². The van der Waals surface area contributed by atoms with E-state index in [1.165, 1.54) is 13.0 Å². The average molecular weight is 223 g/mol. The first-order valence-corrected chi connectivity index (χ1v) is 4.78. The number of hydrogen-bond acceptors (Lipinski definition) is 4. The van der Waals surface area contributed by atoms with Crippen molar-refractivity contribution in [2.24, 2.45) is 0 Å². The summed E-state index contributed by atoms with van der Waals surface area (Å²) in [5.74, 6) is -0.690. The van der Waals surface area contributed by atoms with Gasteiger partial charge in [-0.1, -0.05) is 6.07 Å². The molecule has 86 valence electrons. The van der Waals surface area contributed by atoms with E-state index >= 15 is 0 Å². The van der Waals surface area contributed by atoms with Crippen LogP contribution in [-0.2, 0) is 4.79 Å². The third-order valence-corrected chi connectivity index (χ3v) is 1.77. The molecule has 0 saturated carbocycles.